The molecule has 1 fully saturated rings. The number of benzene rings is 1. The van der Waals surface area contributed by atoms with E-state index in [-0.39, 0.29) is 0 Å². The van der Waals surface area contributed by atoms with Crippen molar-refractivity contribution in [2.45, 2.75) is 31.8 Å². The summed E-state index contributed by atoms with van der Waals surface area (Å²) in [5.41, 5.74) is 2.02. The lowest BCUT2D eigenvalue weighted by atomic mass is 10.1. The number of thiazole rings is 1. The fourth-order valence-corrected chi connectivity index (χ4v) is 3.68. The number of ether oxygens (including phenoxy) is 2. The van der Waals surface area contributed by atoms with Crippen LogP contribution in [0.15, 0.2) is 36.0 Å². The van der Waals surface area contributed by atoms with Crippen LogP contribution in [0.2, 0.25) is 0 Å². The molecule has 0 radical (unpaired) electrons. The Morgan fingerprint density at radius 2 is 2.09 bits per heavy atom. The molecule has 0 unspecified atom stereocenters. The zero-order valence-electron chi connectivity index (χ0n) is 12.5. The summed E-state index contributed by atoms with van der Waals surface area (Å²) in [5, 5.41) is 2.04. The average molecular weight is 314 g/mol. The fourth-order valence-electron chi connectivity index (χ4n) is 2.98. The van der Waals surface area contributed by atoms with Crippen LogP contribution in [0.5, 0.6) is 11.5 Å². The maximum atomic E-state index is 6.16. The van der Waals surface area contributed by atoms with Gasteiger partial charge in [0.15, 0.2) is 16.5 Å². The van der Waals surface area contributed by atoms with Gasteiger partial charge in [0.1, 0.15) is 0 Å². The second-order valence-electron chi connectivity index (χ2n) is 5.61. The third-order valence-corrected chi connectivity index (χ3v) is 4.92. The van der Waals surface area contributed by atoms with E-state index in [0.29, 0.717) is 6.10 Å². The summed E-state index contributed by atoms with van der Waals surface area (Å²) in [6, 6.07) is 6.05. The molecule has 4 nitrogen and oxygen atoms in total. The predicted octanol–water partition coefficient (Wildman–Crippen LogP) is 4.39. The van der Waals surface area contributed by atoms with Crippen LogP contribution >= 0.6 is 11.3 Å². The van der Waals surface area contributed by atoms with Crippen molar-refractivity contribution in [2.75, 3.05) is 7.11 Å². The molecular weight excluding hydrogens is 296 g/mol. The lowest BCUT2D eigenvalue weighted by molar-refractivity contribution is 0.201. The first-order valence-corrected chi connectivity index (χ1v) is 8.49. The Hall–Kier alpha value is -2.01. The Kier molecular flexibility index (Phi) is 3.50. The summed E-state index contributed by atoms with van der Waals surface area (Å²) in [7, 11) is 1.68. The van der Waals surface area contributed by atoms with Gasteiger partial charge in [0.05, 0.1) is 18.9 Å². The van der Waals surface area contributed by atoms with Crippen molar-refractivity contribution < 1.29 is 9.47 Å². The van der Waals surface area contributed by atoms with Crippen LogP contribution in [-0.4, -0.2) is 22.6 Å². The lowest BCUT2D eigenvalue weighted by Gasteiger charge is -2.16. The molecular formula is C17H18N2O2S. The topological polar surface area (TPSA) is 35.8 Å². The molecule has 1 aromatic carbocycles. The Bertz CT molecular complexity index is 758. The first-order valence-electron chi connectivity index (χ1n) is 7.61. The van der Waals surface area contributed by atoms with Crippen molar-refractivity contribution in [3.63, 3.8) is 0 Å². The van der Waals surface area contributed by atoms with Gasteiger partial charge in [0.25, 0.3) is 0 Å². The minimum atomic E-state index is 0.314. The molecule has 0 amide bonds. The number of hydrogen-bond donors (Lipinski definition) is 0. The Morgan fingerprint density at radius 1 is 1.23 bits per heavy atom. The molecule has 3 aromatic rings. The number of fused-ring (bicyclic) bond motifs is 1. The van der Waals surface area contributed by atoms with Crippen LogP contribution in [0.1, 0.15) is 25.7 Å². The second kappa shape index (κ2) is 5.65. The zero-order valence-corrected chi connectivity index (χ0v) is 13.3. The maximum absolute atomic E-state index is 6.16. The highest BCUT2D eigenvalue weighted by molar-refractivity contribution is 7.15. The highest BCUT2D eigenvalue weighted by Crippen LogP contribution is 2.35. The highest BCUT2D eigenvalue weighted by atomic mass is 32.1. The van der Waals surface area contributed by atoms with Gasteiger partial charge >= 0.3 is 0 Å². The van der Waals surface area contributed by atoms with E-state index in [9.17, 15) is 0 Å². The molecule has 5 heteroatoms. The number of hydrogen-bond acceptors (Lipinski definition) is 4. The molecule has 1 aliphatic rings. The summed E-state index contributed by atoms with van der Waals surface area (Å²) < 4.78 is 13.6. The molecule has 0 N–H and O–H groups in total. The molecule has 0 spiro atoms. The molecule has 114 valence electrons. The van der Waals surface area contributed by atoms with Crippen LogP contribution in [-0.2, 0) is 0 Å². The summed E-state index contributed by atoms with van der Waals surface area (Å²) in [4.78, 5) is 5.66. The van der Waals surface area contributed by atoms with Crippen molar-refractivity contribution in [1.29, 1.82) is 0 Å². The Balaban J connectivity index is 1.68. The van der Waals surface area contributed by atoms with E-state index in [1.54, 1.807) is 18.4 Å². The molecule has 0 atom stereocenters. The molecule has 4 rings (SSSR count). The molecule has 0 bridgehead atoms. The van der Waals surface area contributed by atoms with Crippen LogP contribution in [0, 0.1) is 0 Å². The number of methoxy groups -OCH3 is 1. The number of rotatable bonds is 4. The minimum Gasteiger partial charge on any atom is -0.493 e. The van der Waals surface area contributed by atoms with Gasteiger partial charge in [-0.05, 0) is 43.9 Å². The van der Waals surface area contributed by atoms with E-state index < -0.39 is 0 Å². The molecule has 1 saturated carbocycles. The fraction of sp³-hybridized carbons (Fsp3) is 0.353. The molecule has 0 saturated heterocycles. The van der Waals surface area contributed by atoms with Gasteiger partial charge in [-0.2, -0.15) is 0 Å². The van der Waals surface area contributed by atoms with E-state index in [1.165, 1.54) is 12.8 Å². The quantitative estimate of drug-likeness (QED) is 0.716. The van der Waals surface area contributed by atoms with E-state index >= 15 is 0 Å². The standard InChI is InChI=1S/C17H18N2O2S/c1-20-15-7-6-12(10-16(15)21-13-4-2-3-5-13)14-11-19-8-9-22-17(19)18-14/h6-11,13H,2-5H2,1H3. The predicted molar refractivity (Wildman–Crippen MR) is 87.9 cm³/mol. The normalized spacial score (nSPS) is 15.5. The van der Waals surface area contributed by atoms with Crippen LogP contribution in [0.25, 0.3) is 16.2 Å². The van der Waals surface area contributed by atoms with E-state index in [0.717, 1.165) is 40.6 Å². The molecule has 2 aromatic heterocycles. The monoisotopic (exact) mass is 314 g/mol. The van der Waals surface area contributed by atoms with Crippen molar-refractivity contribution >= 4 is 16.3 Å². The SMILES string of the molecule is COc1ccc(-c2cn3ccsc3n2)cc1OC1CCCC1. The largest absolute Gasteiger partial charge is 0.493 e. The van der Waals surface area contributed by atoms with Gasteiger partial charge in [0.2, 0.25) is 0 Å². The summed E-state index contributed by atoms with van der Waals surface area (Å²) in [6.07, 6.45) is 9.16. The van der Waals surface area contributed by atoms with Crippen molar-refractivity contribution in [3.8, 4) is 22.8 Å². The Labute approximate surface area is 133 Å². The number of aromatic nitrogens is 2. The molecule has 22 heavy (non-hydrogen) atoms. The second-order valence-corrected chi connectivity index (χ2v) is 6.48. The van der Waals surface area contributed by atoms with Gasteiger partial charge in [-0.25, -0.2) is 4.98 Å². The Morgan fingerprint density at radius 3 is 2.86 bits per heavy atom. The maximum Gasteiger partial charge on any atom is 0.194 e. The van der Waals surface area contributed by atoms with E-state index in [4.69, 9.17) is 9.47 Å². The highest BCUT2D eigenvalue weighted by Gasteiger charge is 2.19. The average Bonchev–Trinajstić information content (AvgIpc) is 3.23. The van der Waals surface area contributed by atoms with Crippen LogP contribution in [0.3, 0.4) is 0 Å². The molecule has 1 aliphatic carbocycles. The summed E-state index contributed by atoms with van der Waals surface area (Å²) in [6.45, 7) is 0. The first-order chi connectivity index (χ1) is 10.8. The van der Waals surface area contributed by atoms with Gasteiger partial charge in [0, 0.05) is 23.3 Å². The smallest absolute Gasteiger partial charge is 0.194 e. The van der Waals surface area contributed by atoms with Crippen molar-refractivity contribution in [1.82, 2.24) is 9.38 Å². The van der Waals surface area contributed by atoms with E-state index in [1.807, 2.05) is 40.4 Å². The number of imidazole rings is 1. The summed E-state index contributed by atoms with van der Waals surface area (Å²) in [5.74, 6) is 1.61. The van der Waals surface area contributed by atoms with Gasteiger partial charge < -0.3 is 9.47 Å². The van der Waals surface area contributed by atoms with Gasteiger partial charge in [-0.15, -0.1) is 11.3 Å². The molecule has 2 heterocycles. The van der Waals surface area contributed by atoms with E-state index in [2.05, 4.69) is 4.98 Å². The third-order valence-electron chi connectivity index (χ3n) is 4.15. The van der Waals surface area contributed by atoms with Gasteiger partial charge in [-0.1, -0.05) is 0 Å². The third kappa shape index (κ3) is 2.46. The number of nitrogens with zero attached hydrogens (tertiary/aromatic N) is 2. The summed E-state index contributed by atoms with van der Waals surface area (Å²) >= 11 is 1.64. The first kappa shape index (κ1) is 13.6. The lowest BCUT2D eigenvalue weighted by Crippen LogP contribution is -2.11. The van der Waals surface area contributed by atoms with Crippen molar-refractivity contribution in [2.24, 2.45) is 0 Å². The minimum absolute atomic E-state index is 0.314. The van der Waals surface area contributed by atoms with Crippen LogP contribution < -0.4 is 9.47 Å². The molecule has 0 aliphatic heterocycles. The van der Waals surface area contributed by atoms with Crippen molar-refractivity contribution in [3.05, 3.63) is 36.0 Å². The van der Waals surface area contributed by atoms with Crippen LogP contribution in [0.4, 0.5) is 0 Å². The van der Waals surface area contributed by atoms with Gasteiger partial charge in [-0.3, -0.25) is 4.40 Å². The zero-order chi connectivity index (χ0) is 14.9.